The number of nitrogens with two attached hydrogens (primary N) is 1. The van der Waals surface area contributed by atoms with E-state index < -0.39 is 0 Å². The van der Waals surface area contributed by atoms with E-state index in [4.69, 9.17) is 5.73 Å². The van der Waals surface area contributed by atoms with Crippen LogP contribution in [0.15, 0.2) is 18.2 Å². The van der Waals surface area contributed by atoms with Gasteiger partial charge in [-0.3, -0.25) is 4.79 Å². The highest BCUT2D eigenvalue weighted by molar-refractivity contribution is 7.21. The van der Waals surface area contributed by atoms with Crippen LogP contribution in [0.3, 0.4) is 0 Å². The van der Waals surface area contributed by atoms with E-state index in [1.54, 1.807) is 12.1 Å². The number of halogens is 1. The average molecular weight is 306 g/mol. The van der Waals surface area contributed by atoms with Crippen molar-refractivity contribution in [1.82, 2.24) is 4.90 Å². The molecular weight excluding hydrogens is 287 g/mol. The maximum Gasteiger partial charge on any atom is 0.266 e. The van der Waals surface area contributed by atoms with E-state index in [0.717, 1.165) is 24.0 Å². The van der Waals surface area contributed by atoms with Crippen LogP contribution in [0.1, 0.15) is 42.8 Å². The third-order valence-corrected chi connectivity index (χ3v) is 5.55. The fraction of sp³-hybridized carbons (Fsp3) is 0.438. The third-order valence-electron chi connectivity index (χ3n) is 4.39. The number of fused-ring (bicyclic) bond motifs is 1. The van der Waals surface area contributed by atoms with Crippen molar-refractivity contribution in [2.45, 2.75) is 45.2 Å². The Hall–Kier alpha value is -1.62. The van der Waals surface area contributed by atoms with Gasteiger partial charge in [0.25, 0.3) is 5.91 Å². The quantitative estimate of drug-likeness (QED) is 0.910. The second kappa shape index (κ2) is 5.30. The zero-order chi connectivity index (χ0) is 15.1. The summed E-state index contributed by atoms with van der Waals surface area (Å²) in [5.74, 6) is -0.410. The molecule has 0 aliphatic carbocycles. The van der Waals surface area contributed by atoms with Crippen LogP contribution < -0.4 is 5.73 Å². The summed E-state index contributed by atoms with van der Waals surface area (Å²) >= 11 is 1.29. The van der Waals surface area contributed by atoms with Crippen LogP contribution >= 0.6 is 11.3 Å². The third kappa shape index (κ3) is 2.20. The molecule has 1 aromatic carbocycles. The minimum atomic E-state index is -0.359. The molecule has 2 N–H and O–H groups in total. The van der Waals surface area contributed by atoms with Crippen molar-refractivity contribution in [2.75, 3.05) is 5.73 Å². The molecule has 3 nitrogen and oxygen atoms in total. The summed E-state index contributed by atoms with van der Waals surface area (Å²) < 4.78 is 14.7. The number of carbonyl (C=O) groups is 1. The SMILES string of the molecule is CCC1CCC(C)N1C(=O)c1sc2cccc(F)c2c1N. The van der Waals surface area contributed by atoms with Crippen molar-refractivity contribution in [3.05, 3.63) is 28.9 Å². The molecule has 0 saturated carbocycles. The van der Waals surface area contributed by atoms with Crippen molar-refractivity contribution in [3.63, 3.8) is 0 Å². The second-order valence-corrected chi connectivity index (χ2v) is 6.71. The molecule has 21 heavy (non-hydrogen) atoms. The lowest BCUT2D eigenvalue weighted by atomic mass is 10.1. The summed E-state index contributed by atoms with van der Waals surface area (Å²) in [6, 6.07) is 5.32. The van der Waals surface area contributed by atoms with Gasteiger partial charge in [0.05, 0.1) is 11.1 Å². The largest absolute Gasteiger partial charge is 0.397 e. The fourth-order valence-electron chi connectivity index (χ4n) is 3.24. The Balaban J connectivity index is 2.06. The Morgan fingerprint density at radius 3 is 2.90 bits per heavy atom. The Kier molecular flexibility index (Phi) is 3.61. The molecule has 0 radical (unpaired) electrons. The van der Waals surface area contributed by atoms with Crippen molar-refractivity contribution < 1.29 is 9.18 Å². The van der Waals surface area contributed by atoms with Gasteiger partial charge >= 0.3 is 0 Å². The van der Waals surface area contributed by atoms with Crippen LogP contribution in [0.25, 0.3) is 10.1 Å². The number of benzene rings is 1. The summed E-state index contributed by atoms with van der Waals surface area (Å²) in [7, 11) is 0. The average Bonchev–Trinajstić information content (AvgIpc) is 3.00. The number of likely N-dealkylation sites (tertiary alicyclic amines) is 1. The highest BCUT2D eigenvalue weighted by atomic mass is 32.1. The first-order valence-electron chi connectivity index (χ1n) is 7.33. The van der Waals surface area contributed by atoms with Crippen molar-refractivity contribution in [2.24, 2.45) is 0 Å². The molecule has 1 aliphatic heterocycles. The highest BCUT2D eigenvalue weighted by Gasteiger charge is 2.35. The molecule has 112 valence electrons. The van der Waals surface area contributed by atoms with Gasteiger partial charge in [-0.25, -0.2) is 4.39 Å². The second-order valence-electron chi connectivity index (χ2n) is 5.66. The van der Waals surface area contributed by atoms with Gasteiger partial charge in [-0.1, -0.05) is 13.0 Å². The zero-order valence-electron chi connectivity index (χ0n) is 12.2. The molecule has 1 saturated heterocycles. The van der Waals surface area contributed by atoms with Gasteiger partial charge in [0.15, 0.2) is 0 Å². The van der Waals surface area contributed by atoms with Gasteiger partial charge < -0.3 is 10.6 Å². The molecular formula is C16H19FN2OS. The Morgan fingerprint density at radius 2 is 2.24 bits per heavy atom. The summed E-state index contributed by atoms with van der Waals surface area (Å²) in [6.45, 7) is 4.16. The van der Waals surface area contributed by atoms with Crippen LogP contribution in [0, 0.1) is 5.82 Å². The maximum atomic E-state index is 13.9. The Morgan fingerprint density at radius 1 is 1.48 bits per heavy atom. The minimum Gasteiger partial charge on any atom is -0.397 e. The molecule has 0 spiro atoms. The van der Waals surface area contributed by atoms with Gasteiger partial charge in [0.2, 0.25) is 0 Å². The molecule has 5 heteroatoms. The van der Waals surface area contributed by atoms with Crippen LogP contribution in [0.2, 0.25) is 0 Å². The molecule has 1 aromatic heterocycles. The van der Waals surface area contributed by atoms with E-state index in [1.165, 1.54) is 17.4 Å². The summed E-state index contributed by atoms with van der Waals surface area (Å²) in [4.78, 5) is 15.3. The van der Waals surface area contributed by atoms with Gasteiger partial charge in [0, 0.05) is 16.8 Å². The van der Waals surface area contributed by atoms with Crippen LogP contribution in [-0.4, -0.2) is 22.9 Å². The number of carbonyl (C=O) groups excluding carboxylic acids is 1. The lowest BCUT2D eigenvalue weighted by Crippen LogP contribution is -2.39. The van der Waals surface area contributed by atoms with E-state index in [0.29, 0.717) is 10.3 Å². The molecule has 1 fully saturated rings. The van der Waals surface area contributed by atoms with E-state index in [1.807, 2.05) is 4.90 Å². The first-order valence-corrected chi connectivity index (χ1v) is 8.15. The smallest absolute Gasteiger partial charge is 0.266 e. The molecule has 2 aromatic rings. The van der Waals surface area contributed by atoms with E-state index in [-0.39, 0.29) is 29.5 Å². The number of rotatable bonds is 2. The van der Waals surface area contributed by atoms with Crippen molar-refractivity contribution in [1.29, 1.82) is 0 Å². The predicted octanol–water partition coefficient (Wildman–Crippen LogP) is 4.03. The molecule has 1 aliphatic rings. The number of thiophene rings is 1. The van der Waals surface area contributed by atoms with E-state index >= 15 is 0 Å². The molecule has 0 bridgehead atoms. The fourth-order valence-corrected chi connectivity index (χ4v) is 4.32. The van der Waals surface area contributed by atoms with Crippen LogP contribution in [0.4, 0.5) is 10.1 Å². The molecule has 2 atom stereocenters. The van der Waals surface area contributed by atoms with E-state index in [2.05, 4.69) is 13.8 Å². The van der Waals surface area contributed by atoms with Crippen LogP contribution in [0.5, 0.6) is 0 Å². The van der Waals surface area contributed by atoms with Crippen molar-refractivity contribution >= 4 is 33.0 Å². The number of nitrogens with zero attached hydrogens (tertiary/aromatic N) is 1. The van der Waals surface area contributed by atoms with Gasteiger partial charge in [-0.2, -0.15) is 0 Å². The van der Waals surface area contributed by atoms with Crippen molar-refractivity contribution in [3.8, 4) is 0 Å². The highest BCUT2D eigenvalue weighted by Crippen LogP contribution is 2.38. The minimum absolute atomic E-state index is 0.0510. The molecule has 1 amide bonds. The normalized spacial score (nSPS) is 22.1. The number of anilines is 1. The lowest BCUT2D eigenvalue weighted by Gasteiger charge is -2.27. The van der Waals surface area contributed by atoms with Gasteiger partial charge in [-0.05, 0) is 38.3 Å². The number of nitrogen functional groups attached to an aromatic ring is 1. The Bertz CT molecular complexity index is 697. The van der Waals surface area contributed by atoms with E-state index in [9.17, 15) is 9.18 Å². The maximum absolute atomic E-state index is 13.9. The summed E-state index contributed by atoms with van der Waals surface area (Å²) in [5.41, 5.74) is 6.35. The predicted molar refractivity (Wildman–Crippen MR) is 85.1 cm³/mol. The zero-order valence-corrected chi connectivity index (χ0v) is 13.0. The van der Waals surface area contributed by atoms with Gasteiger partial charge in [0.1, 0.15) is 10.7 Å². The summed E-state index contributed by atoms with van der Waals surface area (Å²) in [5, 5.41) is 0.380. The lowest BCUT2D eigenvalue weighted by molar-refractivity contribution is 0.0682. The summed E-state index contributed by atoms with van der Waals surface area (Å²) in [6.07, 6.45) is 2.99. The number of hydrogen-bond acceptors (Lipinski definition) is 3. The standard InChI is InChI=1S/C16H19FN2OS/c1-3-10-8-7-9(2)19(10)16(20)15-14(18)13-11(17)5-4-6-12(13)21-15/h4-6,9-10H,3,7-8,18H2,1-2H3. The number of amides is 1. The molecule has 3 rings (SSSR count). The monoisotopic (exact) mass is 306 g/mol. The Labute approximate surface area is 127 Å². The van der Waals surface area contributed by atoms with Gasteiger partial charge in [-0.15, -0.1) is 11.3 Å². The topological polar surface area (TPSA) is 46.3 Å². The first kappa shape index (κ1) is 14.3. The molecule has 2 heterocycles. The first-order chi connectivity index (χ1) is 10.0. The van der Waals surface area contributed by atoms with Crippen LogP contribution in [-0.2, 0) is 0 Å². The number of hydrogen-bond donors (Lipinski definition) is 1. The molecule has 2 unspecified atom stereocenters.